The number of hydrogen-bond donors (Lipinski definition) is 3. The summed E-state index contributed by atoms with van der Waals surface area (Å²) in [4.78, 5) is 26.7. The topological polar surface area (TPSA) is 97.1 Å². The zero-order valence-electron chi connectivity index (χ0n) is 14.4. The zero-order chi connectivity index (χ0) is 18.1. The Labute approximate surface area is 151 Å². The van der Waals surface area contributed by atoms with Crippen molar-refractivity contribution >= 4 is 23.3 Å². The van der Waals surface area contributed by atoms with Gasteiger partial charge in [0.15, 0.2) is 0 Å². The van der Waals surface area contributed by atoms with Crippen molar-refractivity contribution < 1.29 is 9.59 Å². The van der Waals surface area contributed by atoms with Gasteiger partial charge in [-0.1, -0.05) is 24.3 Å². The summed E-state index contributed by atoms with van der Waals surface area (Å²) in [5.41, 5.74) is 8.27. The maximum absolute atomic E-state index is 11.7. The molecule has 0 atom stereocenters. The van der Waals surface area contributed by atoms with E-state index in [9.17, 15) is 9.59 Å². The number of rotatable bonds is 9. The molecule has 0 fully saturated rings. The van der Waals surface area contributed by atoms with Crippen LogP contribution in [0.4, 0.5) is 4.79 Å². The van der Waals surface area contributed by atoms with Crippen LogP contribution < -0.4 is 16.4 Å². The molecule has 4 N–H and O–H groups in total. The largest absolute Gasteiger partial charge is 0.356 e. The van der Waals surface area contributed by atoms with Gasteiger partial charge in [0.1, 0.15) is 0 Å². The lowest BCUT2D eigenvalue weighted by Gasteiger charge is -2.06. The van der Waals surface area contributed by atoms with Crippen LogP contribution in [0, 0.1) is 6.92 Å². The van der Waals surface area contributed by atoms with E-state index in [4.69, 9.17) is 5.73 Å². The number of nitrogens with one attached hydrogen (secondary N) is 2. The second-order valence-electron chi connectivity index (χ2n) is 5.80. The number of thiazole rings is 1. The first-order valence-corrected chi connectivity index (χ1v) is 9.24. The Hall–Kier alpha value is -2.41. The molecule has 0 radical (unpaired) electrons. The fourth-order valence-corrected chi connectivity index (χ4v) is 3.02. The predicted molar refractivity (Wildman–Crippen MR) is 100 cm³/mol. The van der Waals surface area contributed by atoms with Gasteiger partial charge in [-0.3, -0.25) is 4.79 Å². The Morgan fingerprint density at radius 3 is 2.52 bits per heavy atom. The van der Waals surface area contributed by atoms with E-state index in [1.54, 1.807) is 11.3 Å². The average Bonchev–Trinajstić information content (AvgIpc) is 3.01. The molecule has 6 nitrogen and oxygen atoms in total. The molecule has 1 aromatic heterocycles. The highest BCUT2D eigenvalue weighted by Gasteiger charge is 2.04. The molecule has 0 aliphatic carbocycles. The van der Waals surface area contributed by atoms with Crippen LogP contribution in [0.25, 0.3) is 11.3 Å². The minimum Gasteiger partial charge on any atom is -0.356 e. The number of benzene rings is 1. The van der Waals surface area contributed by atoms with E-state index >= 15 is 0 Å². The van der Waals surface area contributed by atoms with E-state index in [1.165, 1.54) is 5.56 Å². The summed E-state index contributed by atoms with van der Waals surface area (Å²) in [6, 6.07) is 7.76. The van der Waals surface area contributed by atoms with Crippen molar-refractivity contribution in [1.82, 2.24) is 15.6 Å². The highest BCUT2D eigenvalue weighted by molar-refractivity contribution is 7.09. The summed E-state index contributed by atoms with van der Waals surface area (Å²) in [5, 5.41) is 8.54. The van der Waals surface area contributed by atoms with Crippen molar-refractivity contribution in [2.75, 3.05) is 13.1 Å². The van der Waals surface area contributed by atoms with Crippen molar-refractivity contribution in [3.8, 4) is 11.3 Å². The standard InChI is InChI=1S/C18H24N4O2S/c1-13-22-16(12-25-13)15-7-5-14(6-8-15)9-11-20-17(23)4-2-3-10-21-18(19)24/h5-8,12H,2-4,9-11H2,1H3,(H,20,23)(H3,19,21,24). The van der Waals surface area contributed by atoms with Gasteiger partial charge in [0.2, 0.25) is 5.91 Å². The maximum Gasteiger partial charge on any atom is 0.312 e. The van der Waals surface area contributed by atoms with Crippen LogP contribution in [0.5, 0.6) is 0 Å². The number of unbranched alkanes of at least 4 members (excludes halogenated alkanes) is 1. The molecular weight excluding hydrogens is 336 g/mol. The SMILES string of the molecule is Cc1nc(-c2ccc(CCNC(=O)CCCCNC(N)=O)cc2)cs1. The average molecular weight is 360 g/mol. The molecule has 2 aromatic rings. The second kappa shape index (κ2) is 9.78. The summed E-state index contributed by atoms with van der Waals surface area (Å²) in [6.07, 6.45) is 2.73. The molecule has 0 spiro atoms. The monoisotopic (exact) mass is 360 g/mol. The number of hydrogen-bond acceptors (Lipinski definition) is 4. The highest BCUT2D eigenvalue weighted by Crippen LogP contribution is 2.21. The van der Waals surface area contributed by atoms with Crippen molar-refractivity contribution in [3.05, 3.63) is 40.2 Å². The Bertz CT molecular complexity index is 697. The lowest BCUT2D eigenvalue weighted by molar-refractivity contribution is -0.121. The minimum absolute atomic E-state index is 0.0358. The number of amides is 3. The molecule has 1 heterocycles. The number of primary amides is 1. The normalized spacial score (nSPS) is 10.4. The van der Waals surface area contributed by atoms with Crippen LogP contribution in [-0.4, -0.2) is 30.0 Å². The van der Waals surface area contributed by atoms with E-state index in [0.717, 1.165) is 35.5 Å². The molecule has 0 aliphatic heterocycles. The number of aryl methyl sites for hydroxylation is 1. The van der Waals surface area contributed by atoms with Crippen LogP contribution in [0.1, 0.15) is 29.8 Å². The Kier molecular flexibility index (Phi) is 7.40. The number of nitrogens with two attached hydrogens (primary N) is 1. The molecule has 2 rings (SSSR count). The third kappa shape index (κ3) is 6.93. The number of carbonyl (C=O) groups excluding carboxylic acids is 2. The lowest BCUT2D eigenvalue weighted by Crippen LogP contribution is -2.30. The Morgan fingerprint density at radius 1 is 1.12 bits per heavy atom. The zero-order valence-corrected chi connectivity index (χ0v) is 15.2. The Balaban J connectivity index is 1.64. The molecule has 3 amide bonds. The highest BCUT2D eigenvalue weighted by atomic mass is 32.1. The van der Waals surface area contributed by atoms with Gasteiger partial charge in [0.25, 0.3) is 0 Å². The van der Waals surface area contributed by atoms with Crippen LogP contribution in [0.15, 0.2) is 29.6 Å². The van der Waals surface area contributed by atoms with Crippen LogP contribution in [0.2, 0.25) is 0 Å². The van der Waals surface area contributed by atoms with Gasteiger partial charge in [-0.05, 0) is 31.7 Å². The van der Waals surface area contributed by atoms with Gasteiger partial charge < -0.3 is 16.4 Å². The van der Waals surface area contributed by atoms with Crippen molar-refractivity contribution in [3.63, 3.8) is 0 Å². The third-order valence-corrected chi connectivity index (χ3v) is 4.51. The number of aromatic nitrogens is 1. The predicted octanol–water partition coefficient (Wildman–Crippen LogP) is 2.62. The van der Waals surface area contributed by atoms with E-state index in [-0.39, 0.29) is 5.91 Å². The van der Waals surface area contributed by atoms with Crippen LogP contribution in [0.3, 0.4) is 0 Å². The molecule has 134 valence electrons. The summed E-state index contributed by atoms with van der Waals surface area (Å²) in [7, 11) is 0. The summed E-state index contributed by atoms with van der Waals surface area (Å²) in [6.45, 7) is 3.13. The van der Waals surface area contributed by atoms with Crippen LogP contribution >= 0.6 is 11.3 Å². The summed E-state index contributed by atoms with van der Waals surface area (Å²) >= 11 is 1.65. The smallest absolute Gasteiger partial charge is 0.312 e. The summed E-state index contributed by atoms with van der Waals surface area (Å²) in [5.74, 6) is 0.0358. The maximum atomic E-state index is 11.7. The van der Waals surface area contributed by atoms with Gasteiger partial charge in [0.05, 0.1) is 10.7 Å². The first kappa shape index (κ1) is 18.9. The van der Waals surface area contributed by atoms with Gasteiger partial charge >= 0.3 is 6.03 Å². The van der Waals surface area contributed by atoms with Gasteiger partial charge in [-0.2, -0.15) is 0 Å². The fourth-order valence-electron chi connectivity index (χ4n) is 2.39. The Morgan fingerprint density at radius 2 is 1.88 bits per heavy atom. The van der Waals surface area contributed by atoms with Crippen LogP contribution in [-0.2, 0) is 11.2 Å². The number of urea groups is 1. The van der Waals surface area contributed by atoms with Gasteiger partial charge in [-0.15, -0.1) is 11.3 Å². The molecular formula is C18H24N4O2S. The molecule has 0 unspecified atom stereocenters. The van der Waals surface area contributed by atoms with Crippen molar-refractivity contribution in [2.24, 2.45) is 5.73 Å². The van der Waals surface area contributed by atoms with Crippen molar-refractivity contribution in [2.45, 2.75) is 32.6 Å². The van der Waals surface area contributed by atoms with E-state index in [2.05, 4.69) is 45.3 Å². The molecule has 0 saturated heterocycles. The molecule has 0 aliphatic rings. The van der Waals surface area contributed by atoms with Gasteiger partial charge in [-0.25, -0.2) is 9.78 Å². The molecule has 7 heteroatoms. The van der Waals surface area contributed by atoms with Gasteiger partial charge in [0, 0.05) is 30.5 Å². The minimum atomic E-state index is -0.527. The first-order valence-electron chi connectivity index (χ1n) is 8.36. The molecule has 0 bridgehead atoms. The first-order chi connectivity index (χ1) is 12.0. The van der Waals surface area contributed by atoms with E-state index in [1.807, 2.05) is 6.92 Å². The fraction of sp³-hybridized carbons (Fsp3) is 0.389. The van der Waals surface area contributed by atoms with E-state index in [0.29, 0.717) is 19.5 Å². The van der Waals surface area contributed by atoms with E-state index < -0.39 is 6.03 Å². The third-order valence-electron chi connectivity index (χ3n) is 3.73. The number of carbonyl (C=O) groups is 2. The molecule has 25 heavy (non-hydrogen) atoms. The molecule has 0 saturated carbocycles. The summed E-state index contributed by atoms with van der Waals surface area (Å²) < 4.78 is 0. The number of nitrogens with zero attached hydrogens (tertiary/aromatic N) is 1. The quantitative estimate of drug-likeness (QED) is 0.600. The molecule has 1 aromatic carbocycles. The van der Waals surface area contributed by atoms with Crippen molar-refractivity contribution in [1.29, 1.82) is 0 Å². The second-order valence-corrected chi connectivity index (χ2v) is 6.86. The lowest BCUT2D eigenvalue weighted by atomic mass is 10.1.